The molecule has 5 nitrogen and oxygen atoms in total. The van der Waals surface area contributed by atoms with E-state index in [1.54, 1.807) is 0 Å². The predicted octanol–water partition coefficient (Wildman–Crippen LogP) is 10.8. The minimum atomic E-state index is -6.00. The number of hydrogen-bond acceptors (Lipinski definition) is 2. The third-order valence-corrected chi connectivity index (χ3v) is 8.48. The van der Waals surface area contributed by atoms with Gasteiger partial charge >= 0.3 is 7.25 Å². The third kappa shape index (κ3) is 6.69. The molecular formula is C40H33BF4N4O. The minimum Gasteiger partial charge on any atom is -0.457 e. The van der Waals surface area contributed by atoms with Crippen molar-refractivity contribution < 1.29 is 26.6 Å². The number of para-hydroxylation sites is 4. The van der Waals surface area contributed by atoms with Crippen LogP contribution in [0.15, 0.2) is 146 Å². The third-order valence-electron chi connectivity index (χ3n) is 8.48. The quantitative estimate of drug-likeness (QED) is 0.104. The normalized spacial score (nSPS) is 11.9. The monoisotopic (exact) mass is 672 g/mol. The fourth-order valence-electron chi connectivity index (χ4n) is 6.21. The molecule has 0 unspecified atom stereocenters. The Morgan fingerprint density at radius 3 is 2.06 bits per heavy atom. The summed E-state index contributed by atoms with van der Waals surface area (Å²) in [6, 6.07) is 46.3. The Balaban J connectivity index is 0.000000734. The summed E-state index contributed by atoms with van der Waals surface area (Å²) >= 11 is 0. The van der Waals surface area contributed by atoms with Crippen molar-refractivity contribution in [2.24, 2.45) is 0 Å². The number of rotatable bonds is 5. The number of pyridine rings is 1. The van der Waals surface area contributed by atoms with E-state index in [0.29, 0.717) is 0 Å². The lowest BCUT2D eigenvalue weighted by molar-refractivity contribution is -0.567. The first-order valence-electron chi connectivity index (χ1n) is 16.2. The molecule has 0 aliphatic rings. The number of benzene rings is 5. The van der Waals surface area contributed by atoms with Gasteiger partial charge in [0.2, 0.25) is 0 Å². The lowest BCUT2D eigenvalue weighted by atomic mass is 9.88. The Hall–Kier alpha value is -5.90. The lowest BCUT2D eigenvalue weighted by Gasteiger charge is -2.20. The molecule has 0 atom stereocenters. The van der Waals surface area contributed by atoms with Crippen LogP contribution >= 0.6 is 0 Å². The van der Waals surface area contributed by atoms with Crippen LogP contribution in [0.4, 0.5) is 17.3 Å². The molecule has 0 aliphatic carbocycles. The lowest BCUT2D eigenvalue weighted by Crippen LogP contribution is -2.28. The molecule has 0 aliphatic heterocycles. The number of imidazole rings is 1. The van der Waals surface area contributed by atoms with Gasteiger partial charge in [0.15, 0.2) is 11.0 Å². The van der Waals surface area contributed by atoms with E-state index in [0.717, 1.165) is 50.8 Å². The summed E-state index contributed by atoms with van der Waals surface area (Å²) in [6.45, 7) is 6.70. The average Bonchev–Trinajstić information content (AvgIpc) is 3.64. The Kier molecular flexibility index (Phi) is 8.39. The maximum absolute atomic E-state index is 9.75. The van der Waals surface area contributed by atoms with Crippen molar-refractivity contribution in [1.29, 1.82) is 0 Å². The van der Waals surface area contributed by atoms with E-state index in [-0.39, 0.29) is 5.41 Å². The van der Waals surface area contributed by atoms with Gasteiger partial charge in [0.1, 0.15) is 28.7 Å². The predicted molar refractivity (Wildman–Crippen MR) is 192 cm³/mol. The highest BCUT2D eigenvalue weighted by Gasteiger charge is 2.21. The number of ether oxygens (including phenoxy) is 1. The van der Waals surface area contributed by atoms with Crippen LogP contribution in [0.3, 0.4) is 0 Å². The summed E-state index contributed by atoms with van der Waals surface area (Å²) in [7, 11) is -6.00. The van der Waals surface area contributed by atoms with Crippen molar-refractivity contribution in [1.82, 2.24) is 14.1 Å². The topological polar surface area (TPSA) is 35.9 Å². The van der Waals surface area contributed by atoms with Crippen LogP contribution in [-0.4, -0.2) is 21.4 Å². The van der Waals surface area contributed by atoms with Crippen molar-refractivity contribution >= 4 is 40.1 Å². The molecule has 0 bridgehead atoms. The van der Waals surface area contributed by atoms with Gasteiger partial charge in [0, 0.05) is 29.1 Å². The average molecular weight is 673 g/mol. The van der Waals surface area contributed by atoms with E-state index in [2.05, 4.69) is 156 Å². The van der Waals surface area contributed by atoms with E-state index in [4.69, 9.17) is 9.72 Å². The Bertz CT molecular complexity index is 2460. The maximum Gasteiger partial charge on any atom is 0.673 e. The second-order valence-electron chi connectivity index (χ2n) is 13.0. The fraction of sp³-hybridized carbons (Fsp3) is 0.100. The van der Waals surface area contributed by atoms with Gasteiger partial charge in [0.05, 0.1) is 11.0 Å². The maximum atomic E-state index is 9.75. The van der Waals surface area contributed by atoms with Crippen LogP contribution in [0.25, 0.3) is 50.0 Å². The smallest absolute Gasteiger partial charge is 0.457 e. The first kappa shape index (κ1) is 32.6. The van der Waals surface area contributed by atoms with Gasteiger partial charge in [-0.25, -0.2) is 4.98 Å². The van der Waals surface area contributed by atoms with Crippen LogP contribution in [0, 0.1) is 0 Å². The molecule has 3 aromatic heterocycles. The van der Waals surface area contributed by atoms with E-state index >= 15 is 0 Å². The second-order valence-corrected chi connectivity index (χ2v) is 13.0. The van der Waals surface area contributed by atoms with Gasteiger partial charge in [-0.3, -0.25) is 4.57 Å². The van der Waals surface area contributed by atoms with Crippen molar-refractivity contribution in [2.45, 2.75) is 26.2 Å². The molecular weight excluding hydrogens is 639 g/mol. The van der Waals surface area contributed by atoms with E-state index in [1.165, 1.54) is 16.3 Å². The fourth-order valence-corrected chi connectivity index (χ4v) is 6.21. The minimum absolute atomic E-state index is 0.0150. The molecule has 50 heavy (non-hydrogen) atoms. The van der Waals surface area contributed by atoms with Gasteiger partial charge in [-0.15, -0.1) is 0 Å². The SMILES string of the molecule is CC(C)(C)c1ccnc(-n2c3ccccc3c3ccc(Oc4cccc(-n5c[n+](-c6ccccc6)c6ccccc65)c4)cc32)c1.F[B-](F)(F)F. The van der Waals surface area contributed by atoms with Gasteiger partial charge < -0.3 is 22.0 Å². The van der Waals surface area contributed by atoms with Gasteiger partial charge in [-0.05, 0) is 77.7 Å². The zero-order valence-corrected chi connectivity index (χ0v) is 27.6. The molecule has 0 saturated heterocycles. The molecule has 3 heterocycles. The van der Waals surface area contributed by atoms with Crippen molar-refractivity contribution in [3.05, 3.63) is 152 Å². The summed E-state index contributed by atoms with van der Waals surface area (Å²) < 4.78 is 52.2. The Labute approximate surface area is 286 Å². The largest absolute Gasteiger partial charge is 0.673 e. The van der Waals surface area contributed by atoms with Gasteiger partial charge in [0.25, 0.3) is 6.33 Å². The highest BCUT2D eigenvalue weighted by atomic mass is 19.5. The second kappa shape index (κ2) is 12.9. The summed E-state index contributed by atoms with van der Waals surface area (Å²) in [5, 5.41) is 2.36. The number of fused-ring (bicyclic) bond motifs is 4. The van der Waals surface area contributed by atoms with Crippen molar-refractivity contribution in [2.75, 3.05) is 0 Å². The summed E-state index contributed by atoms with van der Waals surface area (Å²) in [6.07, 6.45) is 4.05. The standard InChI is InChI=1S/C40H33N4O.BF4/c1-40(2,3)28-22-23-41-39(24-28)44-35-17-8-7-16-33(35)34-21-20-32(26-38(34)44)45-31-15-11-14-30(25-31)43-27-42(29-12-5-4-6-13-29)36-18-9-10-19-37(36)43;2-1(3,4)5/h4-27H,1-3H3;/q+1;-1. The van der Waals surface area contributed by atoms with E-state index in [9.17, 15) is 17.3 Å². The summed E-state index contributed by atoms with van der Waals surface area (Å²) in [4.78, 5) is 4.82. The van der Waals surface area contributed by atoms with Crippen LogP contribution in [0.1, 0.15) is 26.3 Å². The molecule has 10 heteroatoms. The van der Waals surface area contributed by atoms with Gasteiger partial charge in [-0.2, -0.15) is 9.13 Å². The molecule has 8 rings (SSSR count). The van der Waals surface area contributed by atoms with E-state index in [1.807, 2.05) is 24.4 Å². The zero-order valence-electron chi connectivity index (χ0n) is 27.6. The van der Waals surface area contributed by atoms with Crippen molar-refractivity contribution in [3.63, 3.8) is 0 Å². The van der Waals surface area contributed by atoms with Crippen LogP contribution in [-0.2, 0) is 5.41 Å². The number of aromatic nitrogens is 4. The molecule has 8 aromatic rings. The molecule has 0 amide bonds. The number of nitrogens with zero attached hydrogens (tertiary/aromatic N) is 4. The number of halogens is 4. The number of hydrogen-bond donors (Lipinski definition) is 0. The molecule has 0 fully saturated rings. The first-order valence-corrected chi connectivity index (χ1v) is 16.2. The zero-order chi connectivity index (χ0) is 35.0. The molecule has 0 spiro atoms. The summed E-state index contributed by atoms with van der Waals surface area (Å²) in [5.74, 6) is 2.44. The van der Waals surface area contributed by atoms with E-state index < -0.39 is 7.25 Å². The van der Waals surface area contributed by atoms with Crippen LogP contribution in [0.2, 0.25) is 0 Å². The Morgan fingerprint density at radius 2 is 1.30 bits per heavy atom. The van der Waals surface area contributed by atoms with Crippen molar-refractivity contribution in [3.8, 4) is 28.7 Å². The van der Waals surface area contributed by atoms with Crippen LogP contribution < -0.4 is 9.30 Å². The molecule has 0 N–H and O–H groups in total. The summed E-state index contributed by atoms with van der Waals surface area (Å²) in [5.41, 5.74) is 7.84. The van der Waals surface area contributed by atoms with Gasteiger partial charge in [-0.1, -0.05) is 75.4 Å². The van der Waals surface area contributed by atoms with Crippen LogP contribution in [0.5, 0.6) is 11.5 Å². The first-order chi connectivity index (χ1) is 23.9. The molecule has 250 valence electrons. The highest BCUT2D eigenvalue weighted by molar-refractivity contribution is 6.50. The molecule has 5 aromatic carbocycles. The molecule has 0 saturated carbocycles. The highest BCUT2D eigenvalue weighted by Crippen LogP contribution is 2.36. The Morgan fingerprint density at radius 1 is 0.640 bits per heavy atom. The molecule has 0 radical (unpaired) electrons.